The Hall–Kier alpha value is -2.57. The van der Waals surface area contributed by atoms with Crippen molar-refractivity contribution in [2.75, 3.05) is 0 Å². The minimum absolute atomic E-state index is 0.641. The topological polar surface area (TPSA) is 48.5 Å². The third kappa shape index (κ3) is 3.57. The van der Waals surface area contributed by atoms with Crippen molar-refractivity contribution in [3.8, 4) is 17.1 Å². The van der Waals surface area contributed by atoms with Crippen LogP contribution >= 0.6 is 23.4 Å². The Balaban J connectivity index is 1.59. The maximum absolute atomic E-state index is 6.65. The fraction of sp³-hybridized carbons (Fsp3) is 0.190. The maximum atomic E-state index is 6.65. The summed E-state index contributed by atoms with van der Waals surface area (Å²) in [6.07, 6.45) is 0. The first kappa shape index (κ1) is 18.8. The Morgan fingerprint density at radius 1 is 0.964 bits per heavy atom. The third-order valence-electron chi connectivity index (χ3n) is 4.53. The van der Waals surface area contributed by atoms with Crippen molar-refractivity contribution in [1.29, 1.82) is 0 Å². The Labute approximate surface area is 173 Å². The number of benzene rings is 2. The van der Waals surface area contributed by atoms with Gasteiger partial charge in [-0.25, -0.2) is 4.68 Å². The standard InChI is InChI=1S/C21H20ClN5S/c1-3-26-20(16-10-6-4-7-11-16)23-24-21(26)28-14-18-15(2)25-27(19(18)22)17-12-8-5-9-13-17/h4-13H,3,14H2,1-2H3. The molecule has 4 aromatic rings. The first-order valence-electron chi connectivity index (χ1n) is 9.10. The van der Waals surface area contributed by atoms with Gasteiger partial charge in [0.1, 0.15) is 5.15 Å². The van der Waals surface area contributed by atoms with Crippen molar-refractivity contribution in [3.63, 3.8) is 0 Å². The predicted octanol–water partition coefficient (Wildman–Crippen LogP) is 5.40. The van der Waals surface area contributed by atoms with E-state index in [1.807, 2.05) is 55.5 Å². The summed E-state index contributed by atoms with van der Waals surface area (Å²) in [5.74, 6) is 1.57. The molecule has 7 heteroatoms. The van der Waals surface area contributed by atoms with Crippen molar-refractivity contribution in [2.24, 2.45) is 0 Å². The Morgan fingerprint density at radius 2 is 1.64 bits per heavy atom. The molecule has 4 rings (SSSR count). The normalized spacial score (nSPS) is 11.1. The summed E-state index contributed by atoms with van der Waals surface area (Å²) in [5.41, 5.74) is 3.96. The molecule has 0 aliphatic rings. The average Bonchev–Trinajstić information content (AvgIpc) is 3.28. The van der Waals surface area contributed by atoms with Crippen LogP contribution in [0.15, 0.2) is 65.8 Å². The van der Waals surface area contributed by atoms with Crippen LogP contribution in [-0.4, -0.2) is 24.5 Å². The molecule has 0 saturated carbocycles. The van der Waals surface area contributed by atoms with Crippen LogP contribution in [0.3, 0.4) is 0 Å². The molecule has 0 fully saturated rings. The number of aryl methyl sites for hydroxylation is 1. The highest BCUT2D eigenvalue weighted by Crippen LogP contribution is 2.31. The molecule has 142 valence electrons. The van der Waals surface area contributed by atoms with Crippen LogP contribution in [0.25, 0.3) is 17.1 Å². The molecule has 0 saturated heterocycles. The van der Waals surface area contributed by atoms with E-state index in [0.29, 0.717) is 10.9 Å². The molecule has 0 aliphatic carbocycles. The monoisotopic (exact) mass is 409 g/mol. The van der Waals surface area contributed by atoms with Crippen LogP contribution in [-0.2, 0) is 12.3 Å². The number of hydrogen-bond acceptors (Lipinski definition) is 4. The Kier molecular flexibility index (Phi) is 5.50. The smallest absolute Gasteiger partial charge is 0.191 e. The fourth-order valence-corrected chi connectivity index (χ4v) is 4.56. The van der Waals surface area contributed by atoms with Crippen LogP contribution in [0.5, 0.6) is 0 Å². The zero-order chi connectivity index (χ0) is 19.5. The number of para-hydroxylation sites is 1. The lowest BCUT2D eigenvalue weighted by atomic mass is 10.2. The van der Waals surface area contributed by atoms with Crippen molar-refractivity contribution >= 4 is 23.4 Å². The third-order valence-corrected chi connectivity index (χ3v) is 5.91. The van der Waals surface area contributed by atoms with E-state index in [2.05, 4.69) is 38.9 Å². The molecule has 28 heavy (non-hydrogen) atoms. The molecule has 5 nitrogen and oxygen atoms in total. The van der Waals surface area contributed by atoms with Crippen molar-refractivity contribution in [2.45, 2.75) is 31.3 Å². The number of rotatable bonds is 6. The highest BCUT2D eigenvalue weighted by Gasteiger charge is 2.18. The largest absolute Gasteiger partial charge is 0.302 e. The SMILES string of the molecule is CCn1c(SCc2c(C)nn(-c3ccccc3)c2Cl)nnc1-c1ccccc1. The first-order chi connectivity index (χ1) is 13.7. The van der Waals surface area contributed by atoms with Gasteiger partial charge in [-0.3, -0.25) is 0 Å². The summed E-state index contributed by atoms with van der Waals surface area (Å²) in [4.78, 5) is 0. The zero-order valence-corrected chi connectivity index (χ0v) is 17.3. The van der Waals surface area contributed by atoms with Crippen molar-refractivity contribution in [1.82, 2.24) is 24.5 Å². The molecule has 0 spiro atoms. The number of nitrogens with zero attached hydrogens (tertiary/aromatic N) is 5. The van der Waals surface area contributed by atoms with Crippen LogP contribution in [0, 0.1) is 6.92 Å². The van der Waals surface area contributed by atoms with Gasteiger partial charge in [-0.2, -0.15) is 5.10 Å². The van der Waals surface area contributed by atoms with E-state index in [-0.39, 0.29) is 0 Å². The van der Waals surface area contributed by atoms with Gasteiger partial charge in [0.2, 0.25) is 0 Å². The summed E-state index contributed by atoms with van der Waals surface area (Å²) in [7, 11) is 0. The highest BCUT2D eigenvalue weighted by atomic mass is 35.5. The molecule has 0 N–H and O–H groups in total. The molecule has 0 amide bonds. The van der Waals surface area contributed by atoms with Gasteiger partial charge in [-0.15, -0.1) is 10.2 Å². The van der Waals surface area contributed by atoms with Crippen LogP contribution in [0.4, 0.5) is 0 Å². The molecular weight excluding hydrogens is 390 g/mol. The van der Waals surface area contributed by atoms with E-state index >= 15 is 0 Å². The van der Waals surface area contributed by atoms with Crippen LogP contribution < -0.4 is 0 Å². The van der Waals surface area contributed by atoms with Gasteiger partial charge in [-0.05, 0) is 26.0 Å². The molecule has 0 radical (unpaired) electrons. The van der Waals surface area contributed by atoms with Crippen LogP contribution in [0.2, 0.25) is 5.15 Å². The van der Waals surface area contributed by atoms with Gasteiger partial charge < -0.3 is 4.57 Å². The second kappa shape index (κ2) is 8.20. The van der Waals surface area contributed by atoms with E-state index < -0.39 is 0 Å². The first-order valence-corrected chi connectivity index (χ1v) is 10.5. The summed E-state index contributed by atoms with van der Waals surface area (Å²) >= 11 is 8.28. The molecule has 0 bridgehead atoms. The van der Waals surface area contributed by atoms with Gasteiger partial charge in [0.15, 0.2) is 11.0 Å². The summed E-state index contributed by atoms with van der Waals surface area (Å²) in [6, 6.07) is 20.1. The van der Waals surface area contributed by atoms with Gasteiger partial charge in [0, 0.05) is 23.4 Å². The predicted molar refractivity (Wildman–Crippen MR) is 114 cm³/mol. The molecule has 2 aromatic carbocycles. The van der Waals surface area contributed by atoms with Gasteiger partial charge >= 0.3 is 0 Å². The lowest BCUT2D eigenvalue weighted by molar-refractivity contribution is 0.687. The molecule has 2 aromatic heterocycles. The van der Waals surface area contributed by atoms with E-state index in [1.54, 1.807) is 16.4 Å². The van der Waals surface area contributed by atoms with E-state index in [1.165, 1.54) is 0 Å². The second-order valence-electron chi connectivity index (χ2n) is 6.31. The minimum Gasteiger partial charge on any atom is -0.302 e. The van der Waals surface area contributed by atoms with Crippen LogP contribution in [0.1, 0.15) is 18.2 Å². The van der Waals surface area contributed by atoms with Crippen molar-refractivity contribution < 1.29 is 0 Å². The van der Waals surface area contributed by atoms with Gasteiger partial charge in [0.05, 0.1) is 11.4 Å². The second-order valence-corrected chi connectivity index (χ2v) is 7.61. The number of halogens is 1. The molecule has 0 unspecified atom stereocenters. The molecule has 0 aliphatic heterocycles. The average molecular weight is 410 g/mol. The quantitative estimate of drug-likeness (QED) is 0.400. The van der Waals surface area contributed by atoms with Gasteiger partial charge in [-0.1, -0.05) is 71.9 Å². The maximum Gasteiger partial charge on any atom is 0.191 e. The lowest BCUT2D eigenvalue weighted by Crippen LogP contribution is -2.00. The molecule has 2 heterocycles. The van der Waals surface area contributed by atoms with Crippen molar-refractivity contribution in [3.05, 3.63) is 77.1 Å². The summed E-state index contributed by atoms with van der Waals surface area (Å²) in [5, 5.41) is 15.0. The van der Waals surface area contributed by atoms with E-state index in [4.69, 9.17) is 11.6 Å². The van der Waals surface area contributed by atoms with Gasteiger partial charge in [0.25, 0.3) is 0 Å². The zero-order valence-electron chi connectivity index (χ0n) is 15.7. The van der Waals surface area contributed by atoms with E-state index in [0.717, 1.165) is 40.0 Å². The summed E-state index contributed by atoms with van der Waals surface area (Å²) < 4.78 is 3.91. The Bertz CT molecular complexity index is 1070. The number of hydrogen-bond donors (Lipinski definition) is 0. The minimum atomic E-state index is 0.641. The lowest BCUT2D eigenvalue weighted by Gasteiger charge is -2.07. The molecular formula is C21H20ClN5S. The highest BCUT2D eigenvalue weighted by molar-refractivity contribution is 7.98. The fourth-order valence-electron chi connectivity index (χ4n) is 3.05. The Morgan fingerprint density at radius 3 is 2.32 bits per heavy atom. The number of thioether (sulfide) groups is 1. The molecule has 0 atom stereocenters. The van der Waals surface area contributed by atoms with E-state index in [9.17, 15) is 0 Å². The number of aromatic nitrogens is 5. The summed E-state index contributed by atoms with van der Waals surface area (Å²) in [6.45, 7) is 4.89.